The van der Waals surface area contributed by atoms with Crippen LogP contribution in [0.2, 0.25) is 0 Å². The van der Waals surface area contributed by atoms with Gasteiger partial charge in [-0.15, -0.1) is 0 Å². The van der Waals surface area contributed by atoms with Crippen molar-refractivity contribution in [1.29, 1.82) is 0 Å². The van der Waals surface area contributed by atoms with E-state index in [0.29, 0.717) is 0 Å². The highest BCUT2D eigenvalue weighted by atomic mass is 19.2. The zero-order chi connectivity index (χ0) is 30.1. The first kappa shape index (κ1) is 25.8. The smallest absolute Gasteiger partial charge is 0.198 e. The van der Waals surface area contributed by atoms with Gasteiger partial charge in [0.25, 0.3) is 0 Å². The number of rotatable bonds is 0. The van der Waals surface area contributed by atoms with Crippen LogP contribution >= 0.6 is 0 Å². The minimum atomic E-state index is -2.38. The van der Waals surface area contributed by atoms with E-state index in [2.05, 4.69) is 29.9 Å². The van der Waals surface area contributed by atoms with E-state index >= 15 is 0 Å². The molecule has 1 aliphatic heterocycles. The molecule has 6 bridgehead atoms. The van der Waals surface area contributed by atoms with Crippen LogP contribution in [0.5, 0.6) is 0 Å². The lowest BCUT2D eigenvalue weighted by Crippen LogP contribution is -2.01. The second kappa shape index (κ2) is 8.20. The maximum Gasteiger partial charge on any atom is 0.198 e. The standard InChI is InChI=1S/C24H2F12N6/c25-7-1-2(8(26)14(32)13(7)31)20-37-19(1)40-21-3-4(10(28)16(34)15(33)9(3)27)23(38-21)42-24-6-5(22(39-24)41-20)11(29)17(35)18(36)12(6)30/h(H2,37,38,39,40,41,42). The quantitative estimate of drug-likeness (QED) is 0.112. The van der Waals surface area contributed by atoms with Crippen LogP contribution in [0.1, 0.15) is 0 Å². The van der Waals surface area contributed by atoms with Crippen LogP contribution < -0.4 is 0 Å². The van der Waals surface area contributed by atoms with E-state index in [0.717, 1.165) is 0 Å². The Bertz CT molecular complexity index is 2190. The van der Waals surface area contributed by atoms with Gasteiger partial charge in [0, 0.05) is 0 Å². The van der Waals surface area contributed by atoms with Gasteiger partial charge in [-0.05, 0) is 0 Å². The second-order valence-electron chi connectivity index (χ2n) is 8.76. The van der Waals surface area contributed by atoms with Crippen molar-refractivity contribution >= 4 is 44.1 Å². The molecule has 0 radical (unpaired) electrons. The van der Waals surface area contributed by atoms with Crippen LogP contribution in [0.3, 0.4) is 0 Å². The van der Waals surface area contributed by atoms with Crippen molar-refractivity contribution in [1.82, 2.24) is 29.9 Å². The topological polar surface area (TPSA) is 83.1 Å². The maximum atomic E-state index is 15.0. The molecule has 3 aromatic carbocycles. The average molecular weight is 602 g/mol. The Hall–Kier alpha value is -5.16. The van der Waals surface area contributed by atoms with Gasteiger partial charge in [0.15, 0.2) is 81.5 Å². The van der Waals surface area contributed by atoms with E-state index < -0.39 is 137 Å². The predicted molar refractivity (Wildman–Crippen MR) is 118 cm³/mol. The lowest BCUT2D eigenvalue weighted by atomic mass is 10.1. The first-order valence-electron chi connectivity index (χ1n) is 11.1. The van der Waals surface area contributed by atoms with Gasteiger partial charge in [-0.1, -0.05) is 0 Å². The van der Waals surface area contributed by atoms with Crippen molar-refractivity contribution in [3.05, 3.63) is 69.8 Å². The van der Waals surface area contributed by atoms with E-state index in [1.807, 2.05) is 0 Å². The molecule has 42 heavy (non-hydrogen) atoms. The Balaban J connectivity index is 1.86. The predicted octanol–water partition coefficient (Wildman–Crippen LogP) is 6.98. The summed E-state index contributed by atoms with van der Waals surface area (Å²) in [5.74, 6) is -29.2. The normalized spacial score (nSPS) is 12.3. The van der Waals surface area contributed by atoms with Gasteiger partial charge in [-0.3, -0.25) is 0 Å². The van der Waals surface area contributed by atoms with Crippen LogP contribution in [-0.4, -0.2) is 29.9 Å². The Morgan fingerprint density at radius 2 is 0.548 bits per heavy atom. The molecule has 7 rings (SSSR count). The van der Waals surface area contributed by atoms with Crippen molar-refractivity contribution in [2.45, 2.75) is 0 Å². The minimum Gasteiger partial charge on any atom is -0.324 e. The fraction of sp³-hybridized carbons (Fsp3) is 0. The van der Waals surface area contributed by atoms with E-state index in [9.17, 15) is 52.7 Å². The van der Waals surface area contributed by atoms with Crippen molar-refractivity contribution in [3.8, 4) is 22.8 Å². The highest BCUT2D eigenvalue weighted by molar-refractivity contribution is 6.09. The van der Waals surface area contributed by atoms with E-state index in [1.165, 1.54) is 0 Å². The molecule has 0 atom stereocenters. The van der Waals surface area contributed by atoms with Gasteiger partial charge >= 0.3 is 0 Å². The largest absolute Gasteiger partial charge is 0.324 e. The van der Waals surface area contributed by atoms with Crippen molar-refractivity contribution in [2.24, 2.45) is 0 Å². The summed E-state index contributed by atoms with van der Waals surface area (Å²) in [5, 5.41) is -4.92. The van der Waals surface area contributed by atoms with E-state index in [-0.39, 0.29) is 0 Å². The molecule has 0 fully saturated rings. The number of hydrogen-bond acceptors (Lipinski definition) is 4. The molecule has 0 unspecified atom stereocenters. The summed E-state index contributed by atoms with van der Waals surface area (Å²) in [6.45, 7) is 0. The average Bonchev–Trinajstić information content (AvgIpc) is 3.62. The minimum absolute atomic E-state index is 1.01. The lowest BCUT2D eigenvalue weighted by Gasteiger charge is -2.05. The first-order chi connectivity index (χ1) is 19.8. The molecule has 0 saturated heterocycles. The monoisotopic (exact) mass is 602 g/mol. The Kier molecular flexibility index (Phi) is 5.03. The number of fused-ring (bicyclic) bond motifs is 15. The third-order valence-corrected chi connectivity index (χ3v) is 6.54. The van der Waals surface area contributed by atoms with Crippen LogP contribution in [0.15, 0.2) is 0 Å². The molecule has 4 heterocycles. The van der Waals surface area contributed by atoms with Crippen LogP contribution in [0.25, 0.3) is 66.9 Å². The lowest BCUT2D eigenvalue weighted by molar-refractivity contribution is 0.412. The SMILES string of the molecule is Fc1c(F)c(F)c2c(c1F)-c1nc-2nc2[nH]c(nc3[nH]c(n1)c1c(F)c(F)c(F)c(F)c31)c1c(F)c(F)c(F)c(F)c21. The molecular formula is C24H2F12N6. The summed E-state index contributed by atoms with van der Waals surface area (Å²) in [6.07, 6.45) is 0. The molecular weight excluding hydrogens is 600 g/mol. The fourth-order valence-corrected chi connectivity index (χ4v) is 4.71. The van der Waals surface area contributed by atoms with Crippen LogP contribution in [0.4, 0.5) is 52.7 Å². The zero-order valence-electron chi connectivity index (χ0n) is 19.3. The summed E-state index contributed by atoms with van der Waals surface area (Å²) in [6, 6.07) is 0. The third-order valence-electron chi connectivity index (χ3n) is 6.54. The number of benzene rings is 3. The molecule has 0 aliphatic carbocycles. The maximum absolute atomic E-state index is 15.0. The Morgan fingerprint density at radius 1 is 0.286 bits per heavy atom. The number of aromatic amines is 2. The van der Waals surface area contributed by atoms with Crippen LogP contribution in [-0.2, 0) is 0 Å². The summed E-state index contributed by atoms with van der Waals surface area (Å²) in [7, 11) is 0. The number of aromatic nitrogens is 6. The summed E-state index contributed by atoms with van der Waals surface area (Å²) in [5.41, 5.74) is -6.63. The molecule has 6 aromatic rings. The molecule has 0 saturated carbocycles. The summed E-state index contributed by atoms with van der Waals surface area (Å²) >= 11 is 0. The Morgan fingerprint density at radius 3 is 0.857 bits per heavy atom. The molecule has 2 N–H and O–H groups in total. The van der Waals surface area contributed by atoms with Gasteiger partial charge in [0.1, 0.15) is 22.6 Å². The third kappa shape index (κ3) is 3.03. The van der Waals surface area contributed by atoms with Crippen molar-refractivity contribution in [3.63, 3.8) is 0 Å². The fourth-order valence-electron chi connectivity index (χ4n) is 4.71. The van der Waals surface area contributed by atoms with Crippen LogP contribution in [0, 0.1) is 69.8 Å². The molecule has 212 valence electrons. The molecule has 0 spiro atoms. The number of nitrogens with zero attached hydrogens (tertiary/aromatic N) is 4. The number of H-pyrrole nitrogens is 2. The molecule has 3 aromatic heterocycles. The van der Waals surface area contributed by atoms with Gasteiger partial charge in [0.2, 0.25) is 0 Å². The van der Waals surface area contributed by atoms with E-state index in [4.69, 9.17) is 0 Å². The molecule has 6 nitrogen and oxygen atoms in total. The molecule has 1 aliphatic rings. The first-order valence-corrected chi connectivity index (χ1v) is 11.1. The summed E-state index contributed by atoms with van der Waals surface area (Å²) in [4.78, 5) is 18.7. The number of nitrogens with one attached hydrogen (secondary N) is 2. The molecule has 18 heteroatoms. The molecule has 0 amide bonds. The van der Waals surface area contributed by atoms with Gasteiger partial charge < -0.3 is 9.97 Å². The van der Waals surface area contributed by atoms with E-state index in [1.54, 1.807) is 0 Å². The van der Waals surface area contributed by atoms with Crippen molar-refractivity contribution in [2.75, 3.05) is 0 Å². The van der Waals surface area contributed by atoms with Gasteiger partial charge in [0.05, 0.1) is 32.7 Å². The zero-order valence-corrected chi connectivity index (χ0v) is 19.3. The second-order valence-corrected chi connectivity index (χ2v) is 8.76. The van der Waals surface area contributed by atoms with Gasteiger partial charge in [-0.2, -0.15) is 0 Å². The summed E-state index contributed by atoms with van der Waals surface area (Å²) < 4.78 is 175. The number of hydrogen-bond donors (Lipinski definition) is 2. The van der Waals surface area contributed by atoms with Gasteiger partial charge in [-0.25, -0.2) is 72.6 Å². The number of halogens is 12. The highest BCUT2D eigenvalue weighted by Gasteiger charge is 2.35. The van der Waals surface area contributed by atoms with Crippen molar-refractivity contribution < 1.29 is 52.7 Å². The Labute approximate surface area is 220 Å². The highest BCUT2D eigenvalue weighted by Crippen LogP contribution is 2.42.